The summed E-state index contributed by atoms with van der Waals surface area (Å²) in [5, 5.41) is 0. The van der Waals surface area contributed by atoms with Crippen molar-refractivity contribution in [3.8, 4) is 34.0 Å². The predicted octanol–water partition coefficient (Wildman–Crippen LogP) is 4.23. The van der Waals surface area contributed by atoms with Crippen molar-refractivity contribution in [3.05, 3.63) is 97.1 Å². The van der Waals surface area contributed by atoms with Crippen LogP contribution in [0.2, 0.25) is 0 Å². The standard InChI is InChI=1S/C25H24N2O2/c1-19-18-27(22-6-10-24(29-3)11-7-22)17-14-25(19)20-12-15-26(16-13-20)21-4-8-23(28-2)9-5-21/h4-18H,1-3H3/q+2. The molecule has 0 atom stereocenters. The van der Waals surface area contributed by atoms with Gasteiger partial charge in [-0.05, 0) is 42.3 Å². The van der Waals surface area contributed by atoms with E-state index in [2.05, 4.69) is 71.2 Å². The van der Waals surface area contributed by atoms with Gasteiger partial charge in [-0.25, -0.2) is 0 Å². The zero-order valence-electron chi connectivity index (χ0n) is 16.9. The van der Waals surface area contributed by atoms with Gasteiger partial charge in [0, 0.05) is 48.0 Å². The summed E-state index contributed by atoms with van der Waals surface area (Å²) in [5.41, 5.74) is 5.82. The number of aryl methyl sites for hydroxylation is 1. The van der Waals surface area contributed by atoms with Crippen LogP contribution in [0.3, 0.4) is 0 Å². The molecule has 4 rings (SSSR count). The van der Waals surface area contributed by atoms with Gasteiger partial charge in [0.25, 0.3) is 0 Å². The molecule has 4 aromatic rings. The largest absolute Gasteiger partial charge is 0.497 e. The SMILES string of the molecule is COc1ccc(-[n+]2ccc(-c3cc[n+](-c4ccc(OC)cc4)cc3C)cc2)cc1. The number of hydrogen-bond acceptors (Lipinski definition) is 2. The van der Waals surface area contributed by atoms with E-state index >= 15 is 0 Å². The quantitative estimate of drug-likeness (QED) is 0.481. The first-order valence-electron chi connectivity index (χ1n) is 9.50. The van der Waals surface area contributed by atoms with E-state index in [9.17, 15) is 0 Å². The van der Waals surface area contributed by atoms with Crippen molar-refractivity contribution in [2.45, 2.75) is 6.92 Å². The third-order valence-electron chi connectivity index (χ3n) is 5.04. The molecule has 0 aliphatic rings. The summed E-state index contributed by atoms with van der Waals surface area (Å²) >= 11 is 0. The topological polar surface area (TPSA) is 26.2 Å². The Morgan fingerprint density at radius 3 is 1.55 bits per heavy atom. The third-order valence-corrected chi connectivity index (χ3v) is 5.04. The lowest BCUT2D eigenvalue weighted by atomic mass is 10.0. The maximum atomic E-state index is 5.24. The minimum atomic E-state index is 0.857. The Hall–Kier alpha value is -3.66. The van der Waals surface area contributed by atoms with E-state index in [0.717, 1.165) is 22.9 Å². The highest BCUT2D eigenvalue weighted by Crippen LogP contribution is 2.22. The second kappa shape index (κ2) is 8.15. The molecule has 0 amide bonds. The molecule has 0 aliphatic heterocycles. The molecular weight excluding hydrogens is 360 g/mol. The van der Waals surface area contributed by atoms with Crippen molar-refractivity contribution >= 4 is 0 Å². The monoisotopic (exact) mass is 384 g/mol. The van der Waals surface area contributed by atoms with Gasteiger partial charge in [0.05, 0.1) is 14.2 Å². The molecule has 0 N–H and O–H groups in total. The number of rotatable bonds is 5. The first kappa shape index (κ1) is 18.7. The van der Waals surface area contributed by atoms with E-state index in [1.807, 2.05) is 36.4 Å². The van der Waals surface area contributed by atoms with Gasteiger partial charge in [-0.3, -0.25) is 0 Å². The van der Waals surface area contributed by atoms with Gasteiger partial charge >= 0.3 is 0 Å². The highest BCUT2D eigenvalue weighted by Gasteiger charge is 2.12. The van der Waals surface area contributed by atoms with Crippen LogP contribution in [-0.4, -0.2) is 14.2 Å². The van der Waals surface area contributed by atoms with E-state index in [0.29, 0.717) is 0 Å². The zero-order valence-corrected chi connectivity index (χ0v) is 16.9. The first-order valence-corrected chi connectivity index (χ1v) is 9.50. The van der Waals surface area contributed by atoms with E-state index < -0.39 is 0 Å². The Morgan fingerprint density at radius 2 is 1.07 bits per heavy atom. The fraction of sp³-hybridized carbons (Fsp3) is 0.120. The number of aromatic nitrogens is 2. The molecule has 144 valence electrons. The molecule has 2 heterocycles. The van der Waals surface area contributed by atoms with Gasteiger partial charge in [-0.2, -0.15) is 9.13 Å². The van der Waals surface area contributed by atoms with E-state index in [1.54, 1.807) is 14.2 Å². The summed E-state index contributed by atoms with van der Waals surface area (Å²) in [5.74, 6) is 1.72. The van der Waals surface area contributed by atoms with Crippen LogP contribution in [0.4, 0.5) is 0 Å². The van der Waals surface area contributed by atoms with Gasteiger partial charge in [0.1, 0.15) is 11.5 Å². The molecule has 0 unspecified atom stereocenters. The van der Waals surface area contributed by atoms with Crippen LogP contribution in [0.1, 0.15) is 5.56 Å². The Bertz CT molecular complexity index is 1100. The Morgan fingerprint density at radius 1 is 0.586 bits per heavy atom. The average Bonchev–Trinajstić information content (AvgIpc) is 2.79. The van der Waals surface area contributed by atoms with Gasteiger partial charge < -0.3 is 9.47 Å². The lowest BCUT2D eigenvalue weighted by Gasteiger charge is -2.05. The van der Waals surface area contributed by atoms with Crippen LogP contribution >= 0.6 is 0 Å². The molecule has 4 nitrogen and oxygen atoms in total. The van der Waals surface area contributed by atoms with E-state index in [-0.39, 0.29) is 0 Å². The molecule has 0 aliphatic carbocycles. The second-order valence-corrected chi connectivity index (χ2v) is 6.84. The summed E-state index contributed by atoms with van der Waals surface area (Å²) in [7, 11) is 3.36. The second-order valence-electron chi connectivity index (χ2n) is 6.84. The smallest absolute Gasteiger partial charge is 0.210 e. The van der Waals surface area contributed by atoms with E-state index in [4.69, 9.17) is 9.47 Å². The van der Waals surface area contributed by atoms with Crippen LogP contribution < -0.4 is 18.6 Å². The van der Waals surface area contributed by atoms with Crippen LogP contribution in [0.25, 0.3) is 22.5 Å². The zero-order chi connectivity index (χ0) is 20.2. The molecule has 0 bridgehead atoms. The number of pyridine rings is 2. The summed E-state index contributed by atoms with van der Waals surface area (Å²) in [6.45, 7) is 2.14. The van der Waals surface area contributed by atoms with Gasteiger partial charge in [0.2, 0.25) is 11.4 Å². The molecule has 4 heteroatoms. The summed E-state index contributed by atoms with van der Waals surface area (Å²) in [6, 6.07) is 22.5. The fourth-order valence-corrected chi connectivity index (χ4v) is 3.38. The Labute approximate surface area is 171 Å². The lowest BCUT2D eigenvalue weighted by Crippen LogP contribution is -2.30. The molecule has 2 aromatic carbocycles. The number of hydrogen-bond donors (Lipinski definition) is 0. The molecule has 0 spiro atoms. The summed E-state index contributed by atoms with van der Waals surface area (Å²) in [4.78, 5) is 0. The van der Waals surface area contributed by atoms with Gasteiger partial charge in [-0.1, -0.05) is 0 Å². The average molecular weight is 384 g/mol. The Kier molecular flexibility index (Phi) is 5.25. The first-order chi connectivity index (χ1) is 14.2. The molecule has 0 saturated heterocycles. The summed E-state index contributed by atoms with van der Waals surface area (Å²) in [6.07, 6.45) is 8.42. The van der Waals surface area contributed by atoms with Crippen LogP contribution in [0.15, 0.2) is 91.5 Å². The number of methoxy groups -OCH3 is 2. The van der Waals surface area contributed by atoms with Gasteiger partial charge in [0.15, 0.2) is 24.8 Å². The summed E-state index contributed by atoms with van der Waals surface area (Å²) < 4.78 is 14.7. The predicted molar refractivity (Wildman–Crippen MR) is 113 cm³/mol. The van der Waals surface area contributed by atoms with Crippen molar-refractivity contribution in [2.24, 2.45) is 0 Å². The van der Waals surface area contributed by atoms with Crippen molar-refractivity contribution < 1.29 is 18.6 Å². The molecule has 0 radical (unpaired) electrons. The van der Waals surface area contributed by atoms with Crippen molar-refractivity contribution in [1.82, 2.24) is 0 Å². The highest BCUT2D eigenvalue weighted by molar-refractivity contribution is 5.65. The number of nitrogens with zero attached hydrogens (tertiary/aromatic N) is 2. The highest BCUT2D eigenvalue weighted by atomic mass is 16.5. The number of ether oxygens (including phenoxy) is 2. The van der Waals surface area contributed by atoms with Crippen molar-refractivity contribution in [3.63, 3.8) is 0 Å². The maximum Gasteiger partial charge on any atom is 0.210 e. The minimum Gasteiger partial charge on any atom is -0.497 e. The molecule has 0 fully saturated rings. The fourth-order valence-electron chi connectivity index (χ4n) is 3.38. The molecule has 2 aromatic heterocycles. The minimum absolute atomic E-state index is 0.857. The van der Waals surface area contributed by atoms with Gasteiger partial charge in [-0.15, -0.1) is 0 Å². The van der Waals surface area contributed by atoms with E-state index in [1.165, 1.54) is 16.7 Å². The third kappa shape index (κ3) is 3.97. The van der Waals surface area contributed by atoms with Crippen molar-refractivity contribution in [2.75, 3.05) is 14.2 Å². The van der Waals surface area contributed by atoms with Crippen LogP contribution in [-0.2, 0) is 0 Å². The molecular formula is C25H24N2O2+2. The normalized spacial score (nSPS) is 10.6. The molecule has 29 heavy (non-hydrogen) atoms. The Balaban J connectivity index is 1.59. The lowest BCUT2D eigenvalue weighted by molar-refractivity contribution is -0.596. The molecule has 0 saturated carbocycles. The van der Waals surface area contributed by atoms with Crippen molar-refractivity contribution in [1.29, 1.82) is 0 Å². The van der Waals surface area contributed by atoms with Crippen LogP contribution in [0, 0.1) is 6.92 Å². The maximum absolute atomic E-state index is 5.24. The number of benzene rings is 2. The van der Waals surface area contributed by atoms with Crippen LogP contribution in [0.5, 0.6) is 11.5 Å².